The fourth-order valence-electron chi connectivity index (χ4n) is 0.889. The molecule has 0 fully saturated rings. The third kappa shape index (κ3) is 3.16. The molecule has 5 heteroatoms. The maximum Gasteiger partial charge on any atom is 0.573 e. The maximum atomic E-state index is 11.8. The number of hydrogen-bond donors (Lipinski definition) is 0. The van der Waals surface area contributed by atoms with Gasteiger partial charge in [0.1, 0.15) is 5.75 Å². The maximum absolute atomic E-state index is 11.8. The minimum Gasteiger partial charge on any atom is -0.406 e. The molecule has 0 unspecified atom stereocenters. The largest absolute Gasteiger partial charge is 0.573 e. The monoisotopic (exact) mass is 204 g/mol. The van der Waals surface area contributed by atoms with Gasteiger partial charge in [-0.25, -0.2) is 0 Å². The molecule has 1 aromatic rings. The number of alkyl halides is 3. The highest BCUT2D eigenvalue weighted by Gasteiger charge is 2.31. The Morgan fingerprint density at radius 3 is 2.50 bits per heavy atom. The van der Waals surface area contributed by atoms with Gasteiger partial charge in [0.05, 0.1) is 0 Å². The van der Waals surface area contributed by atoms with Gasteiger partial charge in [0.15, 0.2) is 0 Å². The van der Waals surface area contributed by atoms with Crippen molar-refractivity contribution in [2.75, 3.05) is 19.0 Å². The Labute approximate surface area is 79.9 Å². The van der Waals surface area contributed by atoms with Gasteiger partial charge in [-0.3, -0.25) is 0 Å². The number of benzene rings is 1. The standard InChI is InChI=1S/C9H9F3NO/c1-13(2)7-4-3-5-8(6-7)14-9(10,11)12/h3,5-6H,1-2H3. The van der Waals surface area contributed by atoms with Crippen LogP contribution in [0.15, 0.2) is 18.2 Å². The van der Waals surface area contributed by atoms with Crippen molar-refractivity contribution in [2.24, 2.45) is 0 Å². The summed E-state index contributed by atoms with van der Waals surface area (Å²) < 4.78 is 39.2. The van der Waals surface area contributed by atoms with Crippen molar-refractivity contribution in [3.63, 3.8) is 0 Å². The molecule has 14 heavy (non-hydrogen) atoms. The minimum atomic E-state index is -4.65. The van der Waals surface area contributed by atoms with Crippen LogP contribution >= 0.6 is 0 Å². The van der Waals surface area contributed by atoms with Crippen molar-refractivity contribution in [3.05, 3.63) is 24.3 Å². The summed E-state index contributed by atoms with van der Waals surface area (Å²) in [5.41, 5.74) is 0.534. The van der Waals surface area contributed by atoms with Gasteiger partial charge in [-0.2, -0.15) is 0 Å². The van der Waals surface area contributed by atoms with E-state index >= 15 is 0 Å². The van der Waals surface area contributed by atoms with Gasteiger partial charge in [-0.1, -0.05) is 0 Å². The Morgan fingerprint density at radius 2 is 2.00 bits per heavy atom. The van der Waals surface area contributed by atoms with E-state index in [1.54, 1.807) is 19.0 Å². The van der Waals surface area contributed by atoms with Crippen molar-refractivity contribution < 1.29 is 17.9 Å². The van der Waals surface area contributed by atoms with E-state index in [1.165, 1.54) is 18.2 Å². The van der Waals surface area contributed by atoms with Gasteiger partial charge in [-0.05, 0) is 12.1 Å². The molecule has 1 aromatic carbocycles. The first-order chi connectivity index (χ1) is 6.38. The molecule has 0 saturated carbocycles. The van der Waals surface area contributed by atoms with Gasteiger partial charge in [0, 0.05) is 31.9 Å². The van der Waals surface area contributed by atoms with E-state index in [-0.39, 0.29) is 5.75 Å². The lowest BCUT2D eigenvalue weighted by atomic mass is 10.3. The normalized spacial score (nSPS) is 11.2. The van der Waals surface area contributed by atoms with Crippen LogP contribution < -0.4 is 9.64 Å². The molecule has 0 aliphatic rings. The molecule has 0 aliphatic carbocycles. The van der Waals surface area contributed by atoms with Gasteiger partial charge in [0.25, 0.3) is 0 Å². The Hall–Kier alpha value is -1.39. The summed E-state index contributed by atoms with van der Waals surface area (Å²) in [5, 5.41) is 0. The molecular weight excluding hydrogens is 195 g/mol. The second-order valence-electron chi connectivity index (χ2n) is 2.85. The highest BCUT2D eigenvalue weighted by molar-refractivity contribution is 5.48. The molecule has 0 spiro atoms. The lowest BCUT2D eigenvalue weighted by molar-refractivity contribution is -0.274. The van der Waals surface area contributed by atoms with Crippen LogP contribution in [0.25, 0.3) is 0 Å². The molecule has 0 N–H and O–H groups in total. The number of anilines is 1. The molecule has 1 radical (unpaired) electrons. The Bertz CT molecular complexity index is 309. The molecule has 0 atom stereocenters. The van der Waals surface area contributed by atoms with Crippen molar-refractivity contribution in [1.29, 1.82) is 0 Å². The zero-order chi connectivity index (χ0) is 10.8. The molecule has 2 nitrogen and oxygen atoms in total. The van der Waals surface area contributed by atoms with Crippen LogP contribution in [0.5, 0.6) is 5.75 Å². The average molecular weight is 204 g/mol. The third-order valence-corrected chi connectivity index (χ3v) is 1.47. The quantitative estimate of drug-likeness (QED) is 0.733. The highest BCUT2D eigenvalue weighted by Crippen LogP contribution is 2.25. The molecule has 0 bridgehead atoms. The first-order valence-corrected chi connectivity index (χ1v) is 3.83. The molecule has 1 rings (SSSR count). The van der Waals surface area contributed by atoms with E-state index in [1.807, 2.05) is 0 Å². The van der Waals surface area contributed by atoms with E-state index in [0.717, 1.165) is 0 Å². The molecule has 77 valence electrons. The zero-order valence-electron chi connectivity index (χ0n) is 7.72. The minimum absolute atomic E-state index is 0.236. The zero-order valence-corrected chi connectivity index (χ0v) is 7.72. The number of ether oxygens (including phenoxy) is 1. The smallest absolute Gasteiger partial charge is 0.406 e. The first-order valence-electron chi connectivity index (χ1n) is 3.83. The van der Waals surface area contributed by atoms with Gasteiger partial charge >= 0.3 is 6.36 Å². The summed E-state index contributed by atoms with van der Waals surface area (Å²) in [6.45, 7) is 0. The van der Waals surface area contributed by atoms with Crippen molar-refractivity contribution >= 4 is 5.69 Å². The van der Waals surface area contributed by atoms with E-state index in [4.69, 9.17) is 0 Å². The number of rotatable bonds is 2. The lowest BCUT2D eigenvalue weighted by Crippen LogP contribution is -2.17. The van der Waals surface area contributed by atoms with E-state index in [9.17, 15) is 13.2 Å². The predicted octanol–water partition coefficient (Wildman–Crippen LogP) is 2.45. The fraction of sp³-hybridized carbons (Fsp3) is 0.333. The van der Waals surface area contributed by atoms with Gasteiger partial charge in [-0.15, -0.1) is 13.2 Å². The summed E-state index contributed by atoms with van der Waals surface area (Å²) >= 11 is 0. The average Bonchev–Trinajstić information content (AvgIpc) is 2.01. The van der Waals surface area contributed by atoms with Gasteiger partial charge < -0.3 is 9.64 Å². The molecule has 0 aliphatic heterocycles. The number of halogens is 3. The SMILES string of the molecule is CN(C)c1[c]ccc(OC(F)(F)F)c1. The Balaban J connectivity index is 2.84. The van der Waals surface area contributed by atoms with Crippen LogP contribution in [0.3, 0.4) is 0 Å². The Morgan fingerprint density at radius 1 is 1.36 bits per heavy atom. The molecule has 0 amide bonds. The van der Waals surface area contributed by atoms with E-state index in [2.05, 4.69) is 10.8 Å². The van der Waals surface area contributed by atoms with Gasteiger partial charge in [0.2, 0.25) is 0 Å². The van der Waals surface area contributed by atoms with Crippen LogP contribution in [0.1, 0.15) is 0 Å². The molecule has 0 saturated heterocycles. The van der Waals surface area contributed by atoms with Crippen molar-refractivity contribution in [2.45, 2.75) is 6.36 Å². The fourth-order valence-corrected chi connectivity index (χ4v) is 0.889. The summed E-state index contributed by atoms with van der Waals surface area (Å²) in [6, 6.07) is 6.64. The highest BCUT2D eigenvalue weighted by atomic mass is 19.4. The van der Waals surface area contributed by atoms with Crippen LogP contribution in [0.2, 0.25) is 0 Å². The van der Waals surface area contributed by atoms with Crippen LogP contribution in [0.4, 0.5) is 18.9 Å². The van der Waals surface area contributed by atoms with Crippen molar-refractivity contribution in [1.82, 2.24) is 0 Å². The second-order valence-corrected chi connectivity index (χ2v) is 2.85. The Kier molecular flexibility index (Phi) is 2.88. The van der Waals surface area contributed by atoms with Crippen LogP contribution in [-0.4, -0.2) is 20.5 Å². The van der Waals surface area contributed by atoms with Crippen LogP contribution in [-0.2, 0) is 0 Å². The summed E-state index contributed by atoms with van der Waals surface area (Å²) in [4.78, 5) is 1.64. The summed E-state index contributed by atoms with van der Waals surface area (Å²) in [6.07, 6.45) is -4.65. The predicted molar refractivity (Wildman–Crippen MR) is 46.3 cm³/mol. The van der Waals surface area contributed by atoms with Crippen LogP contribution in [0, 0.1) is 6.07 Å². The number of nitrogens with zero attached hydrogens (tertiary/aromatic N) is 1. The molecule has 0 heterocycles. The summed E-state index contributed by atoms with van der Waals surface area (Å²) in [7, 11) is 3.42. The molecular formula is C9H9F3NO. The lowest BCUT2D eigenvalue weighted by Gasteiger charge is -2.14. The third-order valence-electron chi connectivity index (χ3n) is 1.47. The first kappa shape index (κ1) is 10.7. The molecule has 0 aromatic heterocycles. The topological polar surface area (TPSA) is 12.5 Å². The van der Waals surface area contributed by atoms with E-state index < -0.39 is 6.36 Å². The number of hydrogen-bond acceptors (Lipinski definition) is 2. The summed E-state index contributed by atoms with van der Waals surface area (Å²) in [5.74, 6) is -0.236. The second kappa shape index (κ2) is 3.77. The van der Waals surface area contributed by atoms with E-state index in [0.29, 0.717) is 5.69 Å². The van der Waals surface area contributed by atoms with Crippen molar-refractivity contribution in [3.8, 4) is 5.75 Å².